The molecule has 0 atom stereocenters. The molecule has 0 radical (unpaired) electrons. The lowest BCUT2D eigenvalue weighted by atomic mass is 9.90. The molecule has 26 heavy (non-hydrogen) atoms. The number of amides is 2. The Balaban J connectivity index is 2.07. The number of rotatable bonds is 5. The summed E-state index contributed by atoms with van der Waals surface area (Å²) in [4.78, 5) is 25.3. The molecule has 0 aliphatic heterocycles. The van der Waals surface area contributed by atoms with Crippen molar-refractivity contribution in [2.24, 2.45) is 5.41 Å². The Hall–Kier alpha value is -2.62. The minimum absolute atomic E-state index is 0.336. The Kier molecular flexibility index (Phi) is 5.86. The zero-order valence-electron chi connectivity index (χ0n) is 16.4. The SMILES string of the molecule is Cc1ccc(NC(=O)C(C)(C)C(=O)Nc2ccc(C(C)C)cc2)cc1C. The Morgan fingerprint density at radius 3 is 1.81 bits per heavy atom. The molecule has 0 saturated heterocycles. The van der Waals surface area contributed by atoms with Crippen molar-refractivity contribution in [1.29, 1.82) is 0 Å². The standard InChI is InChI=1S/C22H28N2O2/c1-14(2)17-8-11-18(12-9-17)23-20(25)22(5,6)21(26)24-19-10-7-15(3)16(4)13-19/h7-14H,1-6H3,(H,23,25)(H,24,26). The average molecular weight is 352 g/mol. The van der Waals surface area contributed by atoms with Gasteiger partial charge in [-0.25, -0.2) is 0 Å². The van der Waals surface area contributed by atoms with E-state index in [1.165, 1.54) is 5.56 Å². The van der Waals surface area contributed by atoms with Crippen molar-refractivity contribution in [3.63, 3.8) is 0 Å². The van der Waals surface area contributed by atoms with Gasteiger partial charge in [0.05, 0.1) is 0 Å². The fraction of sp³-hybridized carbons (Fsp3) is 0.364. The summed E-state index contributed by atoms with van der Waals surface area (Å²) in [6.07, 6.45) is 0. The normalized spacial score (nSPS) is 11.3. The molecule has 0 bridgehead atoms. The average Bonchev–Trinajstić information content (AvgIpc) is 2.58. The molecule has 0 aliphatic carbocycles. The summed E-state index contributed by atoms with van der Waals surface area (Å²) < 4.78 is 0. The largest absolute Gasteiger partial charge is 0.325 e. The van der Waals surface area contributed by atoms with Crippen molar-refractivity contribution in [3.05, 3.63) is 59.2 Å². The van der Waals surface area contributed by atoms with Crippen LogP contribution in [0.1, 0.15) is 50.3 Å². The number of carbonyl (C=O) groups is 2. The highest BCUT2D eigenvalue weighted by atomic mass is 16.2. The maximum atomic E-state index is 12.6. The Labute approximate surface area is 156 Å². The van der Waals surface area contributed by atoms with Crippen LogP contribution in [0.5, 0.6) is 0 Å². The van der Waals surface area contributed by atoms with E-state index >= 15 is 0 Å². The summed E-state index contributed by atoms with van der Waals surface area (Å²) >= 11 is 0. The van der Waals surface area contributed by atoms with Crippen LogP contribution < -0.4 is 10.6 Å². The lowest BCUT2D eigenvalue weighted by Gasteiger charge is -2.23. The molecule has 0 aliphatic rings. The zero-order chi connectivity index (χ0) is 19.5. The van der Waals surface area contributed by atoms with Gasteiger partial charge in [-0.3, -0.25) is 9.59 Å². The lowest BCUT2D eigenvalue weighted by molar-refractivity contribution is -0.135. The highest BCUT2D eigenvalue weighted by Crippen LogP contribution is 2.24. The molecule has 0 spiro atoms. The third kappa shape index (κ3) is 4.51. The van der Waals surface area contributed by atoms with Gasteiger partial charge in [0.2, 0.25) is 11.8 Å². The second kappa shape index (κ2) is 7.73. The van der Waals surface area contributed by atoms with Crippen LogP contribution in [0.3, 0.4) is 0 Å². The van der Waals surface area contributed by atoms with E-state index in [9.17, 15) is 9.59 Å². The number of aryl methyl sites for hydroxylation is 2. The van der Waals surface area contributed by atoms with Gasteiger partial charge in [-0.1, -0.05) is 32.0 Å². The van der Waals surface area contributed by atoms with Crippen LogP contribution in [0.15, 0.2) is 42.5 Å². The maximum Gasteiger partial charge on any atom is 0.239 e. The second-order valence-corrected chi connectivity index (χ2v) is 7.61. The van der Waals surface area contributed by atoms with Crippen molar-refractivity contribution in [2.45, 2.75) is 47.5 Å². The van der Waals surface area contributed by atoms with Gasteiger partial charge in [-0.2, -0.15) is 0 Å². The van der Waals surface area contributed by atoms with Gasteiger partial charge in [0.1, 0.15) is 5.41 Å². The summed E-state index contributed by atoms with van der Waals surface area (Å²) in [5.41, 5.74) is 3.64. The van der Waals surface area contributed by atoms with Gasteiger partial charge in [0.25, 0.3) is 0 Å². The molecule has 2 amide bonds. The molecule has 2 aromatic rings. The van der Waals surface area contributed by atoms with Crippen molar-refractivity contribution in [1.82, 2.24) is 0 Å². The number of nitrogens with one attached hydrogen (secondary N) is 2. The number of hydrogen-bond acceptors (Lipinski definition) is 2. The first-order valence-electron chi connectivity index (χ1n) is 8.91. The summed E-state index contributed by atoms with van der Waals surface area (Å²) in [6, 6.07) is 13.4. The highest BCUT2D eigenvalue weighted by Gasteiger charge is 2.36. The molecule has 0 aromatic heterocycles. The quantitative estimate of drug-likeness (QED) is 0.742. The van der Waals surface area contributed by atoms with E-state index < -0.39 is 5.41 Å². The lowest BCUT2D eigenvalue weighted by Crippen LogP contribution is -2.41. The Morgan fingerprint density at radius 2 is 1.31 bits per heavy atom. The molecular weight excluding hydrogens is 324 g/mol. The van der Waals surface area contributed by atoms with Crippen LogP contribution in [0.25, 0.3) is 0 Å². The first-order valence-corrected chi connectivity index (χ1v) is 8.91. The summed E-state index contributed by atoms with van der Waals surface area (Å²) in [7, 11) is 0. The van der Waals surface area contributed by atoms with Gasteiger partial charge in [-0.15, -0.1) is 0 Å². The molecule has 0 heterocycles. The van der Waals surface area contributed by atoms with Gasteiger partial charge < -0.3 is 10.6 Å². The van der Waals surface area contributed by atoms with E-state index in [1.54, 1.807) is 13.8 Å². The van der Waals surface area contributed by atoms with Crippen LogP contribution >= 0.6 is 0 Å². The zero-order valence-corrected chi connectivity index (χ0v) is 16.4. The fourth-order valence-corrected chi connectivity index (χ4v) is 2.45. The Morgan fingerprint density at radius 1 is 0.808 bits per heavy atom. The predicted molar refractivity (Wildman–Crippen MR) is 107 cm³/mol. The molecule has 4 nitrogen and oxygen atoms in total. The fourth-order valence-electron chi connectivity index (χ4n) is 2.45. The van der Waals surface area contributed by atoms with E-state index in [4.69, 9.17) is 0 Å². The van der Waals surface area contributed by atoms with Crippen LogP contribution in [0.2, 0.25) is 0 Å². The van der Waals surface area contributed by atoms with Gasteiger partial charge in [0.15, 0.2) is 0 Å². The van der Waals surface area contributed by atoms with Crippen LogP contribution in [0, 0.1) is 19.3 Å². The van der Waals surface area contributed by atoms with Crippen LogP contribution in [-0.4, -0.2) is 11.8 Å². The van der Waals surface area contributed by atoms with Crippen molar-refractivity contribution in [3.8, 4) is 0 Å². The van der Waals surface area contributed by atoms with E-state index in [0.717, 1.165) is 11.1 Å². The minimum atomic E-state index is -1.20. The number of benzene rings is 2. The Bertz CT molecular complexity index is 805. The number of hydrogen-bond donors (Lipinski definition) is 2. The van der Waals surface area contributed by atoms with E-state index in [1.807, 2.05) is 56.3 Å². The summed E-state index contributed by atoms with van der Waals surface area (Å²) in [5.74, 6) is -0.242. The first-order chi connectivity index (χ1) is 12.1. The molecule has 0 unspecified atom stereocenters. The smallest absolute Gasteiger partial charge is 0.239 e. The molecular formula is C22H28N2O2. The van der Waals surface area contributed by atoms with Crippen LogP contribution in [-0.2, 0) is 9.59 Å². The van der Waals surface area contributed by atoms with Gasteiger partial charge in [-0.05, 0) is 74.6 Å². The number of anilines is 2. The monoisotopic (exact) mass is 352 g/mol. The van der Waals surface area contributed by atoms with Crippen molar-refractivity contribution in [2.75, 3.05) is 10.6 Å². The topological polar surface area (TPSA) is 58.2 Å². The molecule has 2 N–H and O–H groups in total. The molecule has 0 fully saturated rings. The highest BCUT2D eigenvalue weighted by molar-refractivity contribution is 6.14. The van der Waals surface area contributed by atoms with Gasteiger partial charge in [0, 0.05) is 11.4 Å². The van der Waals surface area contributed by atoms with E-state index in [2.05, 4.69) is 24.5 Å². The van der Waals surface area contributed by atoms with Crippen molar-refractivity contribution < 1.29 is 9.59 Å². The minimum Gasteiger partial charge on any atom is -0.325 e. The second-order valence-electron chi connectivity index (χ2n) is 7.61. The van der Waals surface area contributed by atoms with Crippen LogP contribution in [0.4, 0.5) is 11.4 Å². The summed E-state index contributed by atoms with van der Waals surface area (Å²) in [5, 5.41) is 5.68. The summed E-state index contributed by atoms with van der Waals surface area (Å²) in [6.45, 7) is 11.5. The van der Waals surface area contributed by atoms with E-state index in [0.29, 0.717) is 17.3 Å². The predicted octanol–water partition coefficient (Wildman–Crippen LogP) is 5.03. The maximum absolute atomic E-state index is 12.6. The van der Waals surface area contributed by atoms with E-state index in [-0.39, 0.29) is 11.8 Å². The first kappa shape index (κ1) is 19.7. The number of carbonyl (C=O) groups excluding carboxylic acids is 2. The molecule has 0 saturated carbocycles. The molecule has 2 aromatic carbocycles. The molecule has 4 heteroatoms. The van der Waals surface area contributed by atoms with Crippen molar-refractivity contribution >= 4 is 23.2 Å². The molecule has 138 valence electrons. The third-order valence-corrected chi connectivity index (χ3v) is 4.74. The molecule has 2 rings (SSSR count). The third-order valence-electron chi connectivity index (χ3n) is 4.74. The van der Waals surface area contributed by atoms with Gasteiger partial charge >= 0.3 is 0 Å².